The Labute approximate surface area is 137 Å². The van der Waals surface area contributed by atoms with Crippen molar-refractivity contribution >= 4 is 5.91 Å². The van der Waals surface area contributed by atoms with Gasteiger partial charge in [-0.05, 0) is 52.1 Å². The summed E-state index contributed by atoms with van der Waals surface area (Å²) in [6.45, 7) is 7.21. The summed E-state index contributed by atoms with van der Waals surface area (Å²) < 4.78 is 1.75. The highest BCUT2D eigenvalue weighted by atomic mass is 16.2. The van der Waals surface area contributed by atoms with Gasteiger partial charge in [-0.1, -0.05) is 0 Å². The van der Waals surface area contributed by atoms with Gasteiger partial charge in [0.15, 0.2) is 0 Å². The zero-order valence-electron chi connectivity index (χ0n) is 14.3. The smallest absolute Gasteiger partial charge is 0.256 e. The summed E-state index contributed by atoms with van der Waals surface area (Å²) in [4.78, 5) is 32.9. The van der Waals surface area contributed by atoms with Crippen molar-refractivity contribution in [3.63, 3.8) is 0 Å². The molecule has 1 amide bonds. The number of carbonyl (C=O) groups excluding carboxylic acids is 1. The second-order valence-corrected chi connectivity index (χ2v) is 6.96. The van der Waals surface area contributed by atoms with Crippen molar-refractivity contribution in [2.24, 2.45) is 5.92 Å². The van der Waals surface area contributed by atoms with Gasteiger partial charge in [0, 0.05) is 31.4 Å². The highest BCUT2D eigenvalue weighted by Gasteiger charge is 2.35. The van der Waals surface area contributed by atoms with Crippen molar-refractivity contribution in [1.82, 2.24) is 19.4 Å². The van der Waals surface area contributed by atoms with E-state index in [0.717, 1.165) is 56.7 Å². The van der Waals surface area contributed by atoms with Crippen LogP contribution in [0.25, 0.3) is 0 Å². The maximum absolute atomic E-state index is 12.3. The molecule has 2 fully saturated rings. The zero-order chi connectivity index (χ0) is 16.6. The van der Waals surface area contributed by atoms with E-state index in [2.05, 4.69) is 9.88 Å². The Hall–Kier alpha value is -1.69. The molecule has 0 spiro atoms. The molecule has 0 radical (unpaired) electrons. The molecule has 3 heterocycles. The number of aromatic nitrogens is 2. The molecule has 2 saturated heterocycles. The monoisotopic (exact) mass is 318 g/mol. The molecule has 2 aliphatic rings. The van der Waals surface area contributed by atoms with Gasteiger partial charge in [-0.2, -0.15) is 0 Å². The van der Waals surface area contributed by atoms with Crippen molar-refractivity contribution < 1.29 is 4.79 Å². The molecule has 0 saturated carbocycles. The number of piperidine rings is 1. The molecule has 1 atom stereocenters. The summed E-state index contributed by atoms with van der Waals surface area (Å²) in [5, 5.41) is 0. The first-order valence-electron chi connectivity index (χ1n) is 8.49. The second-order valence-electron chi connectivity index (χ2n) is 6.96. The largest absolute Gasteiger partial charge is 0.344 e. The Kier molecular flexibility index (Phi) is 4.53. The zero-order valence-corrected chi connectivity index (χ0v) is 14.3. The van der Waals surface area contributed by atoms with Gasteiger partial charge < -0.3 is 4.90 Å². The van der Waals surface area contributed by atoms with E-state index in [1.807, 2.05) is 25.8 Å². The third-order valence-electron chi connectivity index (χ3n) is 5.46. The minimum absolute atomic E-state index is 0.0759. The van der Waals surface area contributed by atoms with Crippen LogP contribution in [0.15, 0.2) is 11.1 Å². The lowest BCUT2D eigenvalue weighted by Crippen LogP contribution is -2.46. The van der Waals surface area contributed by atoms with Crippen LogP contribution in [-0.4, -0.2) is 58.0 Å². The molecule has 0 bridgehead atoms. The number of hydrogen-bond donors (Lipinski definition) is 0. The summed E-state index contributed by atoms with van der Waals surface area (Å²) in [7, 11) is 1.88. The minimum atomic E-state index is 0.0759. The van der Waals surface area contributed by atoms with E-state index < -0.39 is 0 Å². The third kappa shape index (κ3) is 3.17. The van der Waals surface area contributed by atoms with Crippen molar-refractivity contribution in [2.45, 2.75) is 45.7 Å². The van der Waals surface area contributed by atoms with Crippen LogP contribution in [0.2, 0.25) is 0 Å². The molecule has 1 aromatic heterocycles. The number of hydrogen-bond acceptors (Lipinski definition) is 4. The van der Waals surface area contributed by atoms with Gasteiger partial charge in [0.2, 0.25) is 5.91 Å². The fraction of sp³-hybridized carbons (Fsp3) is 0.706. The minimum Gasteiger partial charge on any atom is -0.344 e. The van der Waals surface area contributed by atoms with Gasteiger partial charge in [-0.15, -0.1) is 0 Å². The Morgan fingerprint density at radius 1 is 1.13 bits per heavy atom. The molecule has 0 N–H and O–H groups in total. The molecule has 3 rings (SSSR count). The third-order valence-corrected chi connectivity index (χ3v) is 5.46. The molecule has 0 aromatic carbocycles. The van der Waals surface area contributed by atoms with Crippen LogP contribution in [0.4, 0.5) is 0 Å². The van der Waals surface area contributed by atoms with Gasteiger partial charge >= 0.3 is 0 Å². The van der Waals surface area contributed by atoms with Crippen LogP contribution in [-0.2, 0) is 11.3 Å². The number of likely N-dealkylation sites (N-methyl/N-ethyl adjacent to an activating group) is 1. The summed E-state index contributed by atoms with van der Waals surface area (Å²) in [5.41, 5.74) is 1.63. The average Bonchev–Trinajstić information content (AvgIpc) is 2.88. The summed E-state index contributed by atoms with van der Waals surface area (Å²) in [6.07, 6.45) is 4.69. The number of amides is 1. The molecule has 6 nitrogen and oxygen atoms in total. The first-order chi connectivity index (χ1) is 11.0. The van der Waals surface area contributed by atoms with Gasteiger partial charge in [-0.3, -0.25) is 19.1 Å². The number of aryl methyl sites for hydroxylation is 1. The van der Waals surface area contributed by atoms with E-state index in [1.165, 1.54) is 0 Å². The molecule has 2 aliphatic heterocycles. The number of likely N-dealkylation sites (tertiary alicyclic amines) is 2. The van der Waals surface area contributed by atoms with E-state index in [0.29, 0.717) is 5.92 Å². The quantitative estimate of drug-likeness (QED) is 0.827. The lowest BCUT2D eigenvalue weighted by molar-refractivity contribution is -0.131. The highest BCUT2D eigenvalue weighted by Crippen LogP contribution is 2.24. The fourth-order valence-electron chi connectivity index (χ4n) is 3.67. The summed E-state index contributed by atoms with van der Waals surface area (Å²) in [6, 6.07) is 0.0759. The van der Waals surface area contributed by atoms with Crippen LogP contribution >= 0.6 is 0 Å². The van der Waals surface area contributed by atoms with E-state index >= 15 is 0 Å². The Morgan fingerprint density at radius 2 is 1.83 bits per heavy atom. The Morgan fingerprint density at radius 3 is 2.43 bits per heavy atom. The van der Waals surface area contributed by atoms with Crippen LogP contribution in [0, 0.1) is 19.8 Å². The molecule has 126 valence electrons. The average molecular weight is 318 g/mol. The molecular weight excluding hydrogens is 292 g/mol. The van der Waals surface area contributed by atoms with Gasteiger partial charge in [0.05, 0.1) is 12.4 Å². The fourth-order valence-corrected chi connectivity index (χ4v) is 3.67. The number of carbonyl (C=O) groups is 1. The predicted molar refractivity (Wildman–Crippen MR) is 88.3 cm³/mol. The predicted octanol–water partition coefficient (Wildman–Crippen LogP) is 0.803. The standard InChI is InChI=1S/C17H26N4O2/c1-12-13(2)18-11-21(16(12)22)10-14-4-8-20(9-5-14)15-6-7-19(3)17(15)23/h11,14-15H,4-10H2,1-3H3. The molecule has 23 heavy (non-hydrogen) atoms. The Balaban J connectivity index is 1.59. The van der Waals surface area contributed by atoms with Gasteiger partial charge in [0.1, 0.15) is 0 Å². The van der Waals surface area contributed by atoms with Crippen LogP contribution < -0.4 is 5.56 Å². The molecular formula is C17H26N4O2. The molecule has 1 unspecified atom stereocenters. The van der Waals surface area contributed by atoms with Gasteiger partial charge in [0.25, 0.3) is 5.56 Å². The van der Waals surface area contributed by atoms with E-state index in [9.17, 15) is 9.59 Å². The van der Waals surface area contributed by atoms with Crippen LogP contribution in [0.3, 0.4) is 0 Å². The maximum Gasteiger partial charge on any atom is 0.256 e. The van der Waals surface area contributed by atoms with Crippen molar-refractivity contribution in [1.29, 1.82) is 0 Å². The summed E-state index contributed by atoms with van der Waals surface area (Å²) >= 11 is 0. The molecule has 1 aromatic rings. The van der Waals surface area contributed by atoms with Gasteiger partial charge in [-0.25, -0.2) is 4.98 Å². The molecule has 0 aliphatic carbocycles. The number of nitrogens with zero attached hydrogens (tertiary/aromatic N) is 4. The maximum atomic E-state index is 12.3. The first-order valence-corrected chi connectivity index (χ1v) is 8.49. The lowest BCUT2D eigenvalue weighted by atomic mass is 9.95. The highest BCUT2D eigenvalue weighted by molar-refractivity contribution is 5.83. The summed E-state index contributed by atoms with van der Waals surface area (Å²) in [5.74, 6) is 0.750. The van der Waals surface area contributed by atoms with E-state index in [4.69, 9.17) is 0 Å². The lowest BCUT2D eigenvalue weighted by Gasteiger charge is -2.35. The van der Waals surface area contributed by atoms with Crippen molar-refractivity contribution in [3.05, 3.63) is 27.9 Å². The second kappa shape index (κ2) is 6.43. The SMILES string of the molecule is Cc1ncn(CC2CCN(C3CCN(C)C3=O)CC2)c(=O)c1C. The van der Waals surface area contributed by atoms with E-state index in [-0.39, 0.29) is 17.5 Å². The number of rotatable bonds is 3. The topological polar surface area (TPSA) is 58.4 Å². The van der Waals surface area contributed by atoms with Crippen molar-refractivity contribution in [3.8, 4) is 0 Å². The first kappa shape index (κ1) is 16.2. The van der Waals surface area contributed by atoms with E-state index in [1.54, 1.807) is 10.9 Å². The molecule has 6 heteroatoms. The van der Waals surface area contributed by atoms with Crippen molar-refractivity contribution in [2.75, 3.05) is 26.7 Å². The Bertz CT molecular complexity index is 646. The van der Waals surface area contributed by atoms with Crippen LogP contribution in [0.1, 0.15) is 30.5 Å². The normalized spacial score (nSPS) is 23.7. The van der Waals surface area contributed by atoms with Crippen LogP contribution in [0.5, 0.6) is 0 Å².